The Labute approximate surface area is 265 Å². The average molecular weight is 603 g/mol. The smallest absolute Gasteiger partial charge is 0.252 e. The molecular weight excluding hydrogens is 560 g/mol. The number of piperazine rings is 1. The van der Waals surface area contributed by atoms with Crippen molar-refractivity contribution in [3.05, 3.63) is 119 Å². The average Bonchev–Trinajstić information content (AvgIpc) is 3.08. The molecular formula is C37H42N6O2. The van der Waals surface area contributed by atoms with Gasteiger partial charge in [0.1, 0.15) is 12.0 Å². The number of nitroso groups, excluding NO2 is 1. The van der Waals surface area contributed by atoms with Gasteiger partial charge in [0.15, 0.2) is 0 Å². The first-order chi connectivity index (χ1) is 22.0. The van der Waals surface area contributed by atoms with Crippen LogP contribution in [0.4, 0.5) is 0 Å². The maximum absolute atomic E-state index is 14.3. The van der Waals surface area contributed by atoms with Gasteiger partial charge in [0, 0.05) is 62.3 Å². The number of nitrogens with zero attached hydrogens (tertiary/aromatic N) is 5. The van der Waals surface area contributed by atoms with Crippen molar-refractivity contribution in [1.82, 2.24) is 25.0 Å². The zero-order chi connectivity index (χ0) is 31.2. The summed E-state index contributed by atoms with van der Waals surface area (Å²) in [5.74, 6) is 1.43. The Morgan fingerprint density at radius 2 is 1.62 bits per heavy atom. The highest BCUT2D eigenvalue weighted by molar-refractivity contribution is 6.09. The van der Waals surface area contributed by atoms with E-state index >= 15 is 0 Å². The molecule has 2 aliphatic rings. The van der Waals surface area contributed by atoms with Gasteiger partial charge in [-0.1, -0.05) is 85.8 Å². The summed E-state index contributed by atoms with van der Waals surface area (Å²) in [5, 5.41) is 7.33. The molecule has 8 nitrogen and oxygen atoms in total. The number of aromatic nitrogens is 1. The Bertz CT molecular complexity index is 1650. The van der Waals surface area contributed by atoms with Gasteiger partial charge in [-0.05, 0) is 42.5 Å². The second-order valence-corrected chi connectivity index (χ2v) is 12.4. The van der Waals surface area contributed by atoms with Crippen molar-refractivity contribution in [1.29, 1.82) is 0 Å². The van der Waals surface area contributed by atoms with Crippen LogP contribution in [0.15, 0.2) is 102 Å². The lowest BCUT2D eigenvalue weighted by molar-refractivity contribution is 0.0930. The van der Waals surface area contributed by atoms with E-state index in [2.05, 4.69) is 44.2 Å². The molecule has 1 N–H and O–H groups in total. The molecule has 0 aliphatic carbocycles. The van der Waals surface area contributed by atoms with Crippen molar-refractivity contribution in [2.45, 2.75) is 39.3 Å². The van der Waals surface area contributed by atoms with Gasteiger partial charge in [0.05, 0.1) is 22.8 Å². The summed E-state index contributed by atoms with van der Waals surface area (Å²) in [5.41, 5.74) is 5.29. The van der Waals surface area contributed by atoms with Gasteiger partial charge in [-0.2, -0.15) is 0 Å². The summed E-state index contributed by atoms with van der Waals surface area (Å²) in [4.78, 5) is 37.8. The number of para-hydroxylation sites is 1. The molecule has 2 aliphatic heterocycles. The molecule has 0 bridgehead atoms. The molecule has 0 saturated carbocycles. The van der Waals surface area contributed by atoms with E-state index in [9.17, 15) is 9.70 Å². The first-order valence-electron chi connectivity index (χ1n) is 16.1. The predicted octanol–water partition coefficient (Wildman–Crippen LogP) is 6.81. The number of pyridine rings is 1. The highest BCUT2D eigenvalue weighted by atomic mass is 16.2. The minimum Gasteiger partial charge on any atom is -0.357 e. The number of carbonyl (C=O) groups is 1. The molecule has 4 aromatic rings. The number of benzene rings is 3. The van der Waals surface area contributed by atoms with E-state index in [4.69, 9.17) is 4.98 Å². The molecule has 3 heterocycles. The van der Waals surface area contributed by atoms with Crippen molar-refractivity contribution >= 4 is 16.8 Å². The van der Waals surface area contributed by atoms with Gasteiger partial charge in [-0.3, -0.25) is 9.69 Å². The SMILES string of the molecule is CC1CCCN(/C(=C\N=O)N2CCN(Cc3c(-c4ccccc4)nc4ccccc4c3C(=O)N[C@@H](C)c3ccccc3)CC2)C1. The summed E-state index contributed by atoms with van der Waals surface area (Å²) in [7, 11) is 0. The Morgan fingerprint density at radius 1 is 0.933 bits per heavy atom. The fourth-order valence-electron chi connectivity index (χ4n) is 6.76. The second-order valence-electron chi connectivity index (χ2n) is 12.4. The molecule has 2 fully saturated rings. The van der Waals surface area contributed by atoms with Gasteiger partial charge in [0.25, 0.3) is 5.91 Å². The minimum absolute atomic E-state index is 0.0998. The van der Waals surface area contributed by atoms with Crippen LogP contribution >= 0.6 is 0 Å². The molecule has 2 atom stereocenters. The maximum atomic E-state index is 14.3. The number of nitrogens with one attached hydrogen (secondary N) is 1. The predicted molar refractivity (Wildman–Crippen MR) is 180 cm³/mol. The summed E-state index contributed by atoms with van der Waals surface area (Å²) in [6, 6.07) is 28.0. The van der Waals surface area contributed by atoms with Crippen LogP contribution in [0.3, 0.4) is 0 Å². The quantitative estimate of drug-likeness (QED) is 0.212. The molecule has 45 heavy (non-hydrogen) atoms. The van der Waals surface area contributed by atoms with E-state index in [-0.39, 0.29) is 11.9 Å². The molecule has 232 valence electrons. The lowest BCUT2D eigenvalue weighted by Gasteiger charge is -2.43. The Balaban J connectivity index is 1.32. The number of piperidine rings is 1. The highest BCUT2D eigenvalue weighted by Crippen LogP contribution is 2.33. The fourth-order valence-corrected chi connectivity index (χ4v) is 6.76. The van der Waals surface area contributed by atoms with Crippen LogP contribution in [0.2, 0.25) is 0 Å². The first kappa shape index (κ1) is 30.5. The van der Waals surface area contributed by atoms with Crippen LogP contribution in [0.25, 0.3) is 22.2 Å². The second kappa shape index (κ2) is 14.0. The Hall–Kier alpha value is -4.56. The molecule has 0 radical (unpaired) electrons. The van der Waals surface area contributed by atoms with Crippen LogP contribution < -0.4 is 5.32 Å². The van der Waals surface area contributed by atoms with E-state index in [1.54, 1.807) is 0 Å². The van der Waals surface area contributed by atoms with Gasteiger partial charge in [-0.25, -0.2) is 4.98 Å². The number of rotatable bonds is 9. The number of hydrogen-bond acceptors (Lipinski definition) is 7. The lowest BCUT2D eigenvalue weighted by Crippen LogP contribution is -2.49. The number of hydrogen-bond donors (Lipinski definition) is 1. The number of carbonyl (C=O) groups excluding carboxylic acids is 1. The third-order valence-corrected chi connectivity index (χ3v) is 9.14. The lowest BCUT2D eigenvalue weighted by atomic mass is 9.95. The van der Waals surface area contributed by atoms with Crippen molar-refractivity contribution in [3.8, 4) is 11.3 Å². The molecule has 1 amide bonds. The van der Waals surface area contributed by atoms with Crippen LogP contribution in [0, 0.1) is 10.8 Å². The van der Waals surface area contributed by atoms with Gasteiger partial charge in [-0.15, -0.1) is 4.91 Å². The van der Waals surface area contributed by atoms with Crippen LogP contribution in [-0.4, -0.2) is 64.9 Å². The number of fused-ring (bicyclic) bond motifs is 1. The standard InChI is InChI=1S/C37H42N6O2/c1-27-12-11-19-43(25-27)34(24-38-45)42-22-20-41(21-23-42)26-32-35(37(44)39-28(2)29-13-5-3-6-14-29)31-17-9-10-18-33(31)40-36(32)30-15-7-4-8-16-30/h3-10,13-18,24,27-28H,11-12,19-23,25-26H2,1-2H3,(H,39,44)/b34-24-/t27?,28-/m0/s1. The van der Waals surface area contributed by atoms with Crippen molar-refractivity contribution in [2.75, 3.05) is 39.3 Å². The summed E-state index contributed by atoms with van der Waals surface area (Å²) in [6.07, 6.45) is 3.84. The van der Waals surface area contributed by atoms with Crippen molar-refractivity contribution in [3.63, 3.8) is 0 Å². The third-order valence-electron chi connectivity index (χ3n) is 9.14. The maximum Gasteiger partial charge on any atom is 0.252 e. The molecule has 0 spiro atoms. The van der Waals surface area contributed by atoms with Crippen LogP contribution in [-0.2, 0) is 6.54 Å². The van der Waals surface area contributed by atoms with Crippen LogP contribution in [0.1, 0.15) is 54.2 Å². The molecule has 1 aromatic heterocycles. The topological polar surface area (TPSA) is 81.1 Å². The zero-order valence-corrected chi connectivity index (χ0v) is 26.2. The minimum atomic E-state index is -0.156. The first-order valence-corrected chi connectivity index (χ1v) is 16.1. The fraction of sp³-hybridized carbons (Fsp3) is 0.351. The third kappa shape index (κ3) is 6.91. The van der Waals surface area contributed by atoms with E-state index in [1.807, 2.05) is 79.7 Å². The van der Waals surface area contributed by atoms with E-state index in [0.717, 1.165) is 84.8 Å². The number of likely N-dealkylation sites (tertiary alicyclic amines) is 1. The van der Waals surface area contributed by atoms with Gasteiger partial charge >= 0.3 is 0 Å². The van der Waals surface area contributed by atoms with E-state index < -0.39 is 0 Å². The monoisotopic (exact) mass is 602 g/mol. The zero-order valence-electron chi connectivity index (χ0n) is 26.2. The molecule has 1 unspecified atom stereocenters. The molecule has 2 saturated heterocycles. The van der Waals surface area contributed by atoms with Crippen molar-refractivity contribution < 1.29 is 4.79 Å². The molecule has 8 heteroatoms. The largest absolute Gasteiger partial charge is 0.357 e. The van der Waals surface area contributed by atoms with Crippen LogP contribution in [0.5, 0.6) is 0 Å². The molecule has 3 aromatic carbocycles. The Morgan fingerprint density at radius 3 is 2.33 bits per heavy atom. The van der Waals surface area contributed by atoms with Gasteiger partial charge < -0.3 is 15.1 Å². The highest BCUT2D eigenvalue weighted by Gasteiger charge is 2.29. The van der Waals surface area contributed by atoms with Crippen molar-refractivity contribution in [2.24, 2.45) is 11.1 Å². The molecule has 6 rings (SSSR count). The normalized spacial score (nSPS) is 18.5. The van der Waals surface area contributed by atoms with E-state index in [1.165, 1.54) is 12.6 Å². The summed E-state index contributed by atoms with van der Waals surface area (Å²) >= 11 is 0. The van der Waals surface area contributed by atoms with Gasteiger partial charge in [0.2, 0.25) is 0 Å². The summed E-state index contributed by atoms with van der Waals surface area (Å²) in [6.45, 7) is 9.93. The summed E-state index contributed by atoms with van der Waals surface area (Å²) < 4.78 is 0. The number of amides is 1. The van der Waals surface area contributed by atoms with E-state index in [0.29, 0.717) is 18.0 Å². The Kier molecular flexibility index (Phi) is 9.50.